The second-order valence-corrected chi connectivity index (χ2v) is 8.42. The normalized spacial score (nSPS) is 12.2. The van der Waals surface area contributed by atoms with Crippen LogP contribution in [-0.4, -0.2) is 30.3 Å². The van der Waals surface area contributed by atoms with Gasteiger partial charge in [0.1, 0.15) is 12.7 Å². The highest BCUT2D eigenvalue weighted by atomic mass is 16.5. The number of esters is 1. The molecule has 1 atom stereocenters. The van der Waals surface area contributed by atoms with Crippen LogP contribution in [0.2, 0.25) is 0 Å². The van der Waals surface area contributed by atoms with Crippen molar-refractivity contribution in [1.29, 1.82) is 0 Å². The van der Waals surface area contributed by atoms with Crippen LogP contribution in [0.15, 0.2) is 42.5 Å². The van der Waals surface area contributed by atoms with E-state index in [1.54, 1.807) is 0 Å². The van der Waals surface area contributed by atoms with Crippen molar-refractivity contribution in [3.05, 3.63) is 42.5 Å². The number of aliphatic hydroxyl groups excluding tert-OH is 1. The van der Waals surface area contributed by atoms with Crippen LogP contribution in [0.3, 0.4) is 0 Å². The van der Waals surface area contributed by atoms with Gasteiger partial charge in [0, 0.05) is 18.7 Å². The molecule has 0 amide bonds. The van der Waals surface area contributed by atoms with Gasteiger partial charge in [-0.05, 0) is 44.2 Å². The molecule has 0 heterocycles. The maximum atomic E-state index is 11.8. The topological polar surface area (TPSA) is 58.6 Å². The lowest BCUT2D eigenvalue weighted by atomic mass is 10.1. The van der Waals surface area contributed by atoms with E-state index in [2.05, 4.69) is 24.4 Å². The van der Waals surface area contributed by atoms with Gasteiger partial charge in [0.2, 0.25) is 0 Å². The first-order chi connectivity index (χ1) is 15.2. The number of allylic oxidation sites excluding steroid dienone is 2. The molecule has 2 N–H and O–H groups in total. The Morgan fingerprint density at radius 3 is 2.13 bits per heavy atom. The number of aliphatic hydroxyl groups is 1. The van der Waals surface area contributed by atoms with E-state index >= 15 is 0 Å². The summed E-state index contributed by atoms with van der Waals surface area (Å²) in [7, 11) is 0. The number of rotatable bonds is 20. The molecule has 0 bridgehead atoms. The zero-order valence-corrected chi connectivity index (χ0v) is 19.7. The number of hydrogen-bond donors (Lipinski definition) is 2. The predicted molar refractivity (Wildman–Crippen MR) is 131 cm³/mol. The van der Waals surface area contributed by atoms with Crippen LogP contribution in [0.4, 0.5) is 5.69 Å². The molecule has 4 heteroatoms. The van der Waals surface area contributed by atoms with Crippen molar-refractivity contribution in [2.45, 2.75) is 103 Å². The van der Waals surface area contributed by atoms with Crippen molar-refractivity contribution in [3.63, 3.8) is 0 Å². The highest BCUT2D eigenvalue weighted by Gasteiger charge is 2.08. The lowest BCUT2D eigenvalue weighted by molar-refractivity contribution is -0.146. The third-order valence-electron chi connectivity index (χ3n) is 5.40. The Bertz CT molecular complexity index is 559. The Balaban J connectivity index is 1.85. The first-order valence-electron chi connectivity index (χ1n) is 12.5. The zero-order chi connectivity index (χ0) is 22.4. The van der Waals surface area contributed by atoms with Crippen molar-refractivity contribution in [3.8, 4) is 0 Å². The number of hydrogen-bond acceptors (Lipinski definition) is 4. The molecule has 0 aliphatic carbocycles. The third-order valence-corrected chi connectivity index (χ3v) is 5.40. The number of carbonyl (C=O) groups excluding carboxylic acids is 1. The van der Waals surface area contributed by atoms with E-state index in [1.807, 2.05) is 30.3 Å². The van der Waals surface area contributed by atoms with Crippen molar-refractivity contribution >= 4 is 11.7 Å². The van der Waals surface area contributed by atoms with Crippen LogP contribution < -0.4 is 5.32 Å². The van der Waals surface area contributed by atoms with E-state index in [9.17, 15) is 9.90 Å². The summed E-state index contributed by atoms with van der Waals surface area (Å²) in [5.41, 5.74) is 0.946. The third kappa shape index (κ3) is 17.6. The highest BCUT2D eigenvalue weighted by Crippen LogP contribution is 2.10. The van der Waals surface area contributed by atoms with Crippen LogP contribution in [0.1, 0.15) is 96.8 Å². The first kappa shape index (κ1) is 27.2. The molecule has 0 aliphatic rings. The number of anilines is 1. The fourth-order valence-electron chi connectivity index (χ4n) is 3.45. The van der Waals surface area contributed by atoms with Crippen molar-refractivity contribution < 1.29 is 14.6 Å². The molecule has 0 radical (unpaired) electrons. The summed E-state index contributed by atoms with van der Waals surface area (Å²) >= 11 is 0. The Hall–Kier alpha value is -1.81. The molecule has 0 unspecified atom stereocenters. The molecule has 0 fully saturated rings. The molecule has 1 aromatic carbocycles. The fourth-order valence-corrected chi connectivity index (χ4v) is 3.45. The molecular formula is C27H45NO3. The Morgan fingerprint density at radius 2 is 1.48 bits per heavy atom. The molecule has 4 nitrogen and oxygen atoms in total. The summed E-state index contributed by atoms with van der Waals surface area (Å²) in [4.78, 5) is 11.8. The molecular weight excluding hydrogens is 386 g/mol. The molecule has 176 valence electrons. The molecule has 1 rings (SSSR count). The van der Waals surface area contributed by atoms with E-state index in [0.717, 1.165) is 18.5 Å². The molecule has 0 aliphatic heterocycles. The minimum absolute atomic E-state index is 0.0454. The highest BCUT2D eigenvalue weighted by molar-refractivity contribution is 5.69. The van der Waals surface area contributed by atoms with E-state index in [-0.39, 0.29) is 12.6 Å². The van der Waals surface area contributed by atoms with Gasteiger partial charge in [0.15, 0.2) is 0 Å². The van der Waals surface area contributed by atoms with Gasteiger partial charge in [-0.3, -0.25) is 4.79 Å². The number of unbranched alkanes of at least 4 members (excludes halogenated alkanes) is 11. The van der Waals surface area contributed by atoms with Crippen LogP contribution in [0, 0.1) is 0 Å². The average Bonchev–Trinajstić information content (AvgIpc) is 2.79. The Labute approximate surface area is 190 Å². The van der Waals surface area contributed by atoms with E-state index in [4.69, 9.17) is 4.74 Å². The largest absolute Gasteiger partial charge is 0.463 e. The summed E-state index contributed by atoms with van der Waals surface area (Å²) in [5, 5.41) is 13.0. The van der Waals surface area contributed by atoms with Gasteiger partial charge in [-0.2, -0.15) is 0 Å². The lowest BCUT2D eigenvalue weighted by Gasteiger charge is -2.13. The summed E-state index contributed by atoms with van der Waals surface area (Å²) in [5.74, 6) is -0.212. The quantitative estimate of drug-likeness (QED) is 0.132. The van der Waals surface area contributed by atoms with Crippen LogP contribution in [-0.2, 0) is 9.53 Å². The van der Waals surface area contributed by atoms with Crippen molar-refractivity contribution in [2.24, 2.45) is 0 Å². The number of ether oxygens (including phenoxy) is 1. The Morgan fingerprint density at radius 1 is 0.903 bits per heavy atom. The van der Waals surface area contributed by atoms with Crippen molar-refractivity contribution in [1.82, 2.24) is 0 Å². The summed E-state index contributed by atoms with van der Waals surface area (Å²) in [6.07, 6.45) is 20.6. The maximum Gasteiger partial charge on any atom is 0.305 e. The fraction of sp³-hybridized carbons (Fsp3) is 0.667. The summed E-state index contributed by atoms with van der Waals surface area (Å²) in [6.45, 7) is 2.67. The number of nitrogens with one attached hydrogen (secondary N) is 1. The van der Waals surface area contributed by atoms with Crippen LogP contribution in [0.25, 0.3) is 0 Å². The number of carbonyl (C=O) groups is 1. The molecule has 0 aromatic heterocycles. The summed E-state index contributed by atoms with van der Waals surface area (Å²) < 4.78 is 5.17. The lowest BCUT2D eigenvalue weighted by Crippen LogP contribution is -2.26. The first-order valence-corrected chi connectivity index (χ1v) is 12.5. The Kier molecular flexibility index (Phi) is 17.7. The van der Waals surface area contributed by atoms with Gasteiger partial charge < -0.3 is 15.2 Å². The van der Waals surface area contributed by atoms with Gasteiger partial charge in [-0.1, -0.05) is 88.6 Å². The second-order valence-electron chi connectivity index (χ2n) is 8.42. The molecule has 31 heavy (non-hydrogen) atoms. The number of para-hydroxylation sites is 1. The standard InChI is InChI=1S/C27H45NO3/c1-2-3-4-5-6-7-8-9-10-11-12-13-14-15-19-22-27(30)31-24-26(29)23-28-25-20-17-16-18-21-25/h9-10,16-18,20-21,26,28-29H,2-8,11-15,19,22-24H2,1H3/t26-/m1/s1. The van der Waals surface area contributed by atoms with Gasteiger partial charge in [-0.25, -0.2) is 0 Å². The van der Waals surface area contributed by atoms with E-state index in [1.165, 1.54) is 70.6 Å². The van der Waals surface area contributed by atoms with Crippen LogP contribution in [0.5, 0.6) is 0 Å². The molecule has 1 aromatic rings. The minimum Gasteiger partial charge on any atom is -0.463 e. The second kappa shape index (κ2) is 20.1. The molecule has 0 saturated heterocycles. The zero-order valence-electron chi connectivity index (χ0n) is 19.7. The smallest absolute Gasteiger partial charge is 0.305 e. The predicted octanol–water partition coefficient (Wildman–Crippen LogP) is 7.04. The van der Waals surface area contributed by atoms with Crippen LogP contribution >= 0.6 is 0 Å². The minimum atomic E-state index is -0.696. The monoisotopic (exact) mass is 431 g/mol. The molecule has 0 spiro atoms. The maximum absolute atomic E-state index is 11.8. The SMILES string of the molecule is CCCCCCCCC=CCCCCCCCC(=O)OC[C@H](O)CNc1ccccc1. The van der Waals surface area contributed by atoms with E-state index in [0.29, 0.717) is 13.0 Å². The van der Waals surface area contributed by atoms with Gasteiger partial charge in [0.05, 0.1) is 0 Å². The van der Waals surface area contributed by atoms with Gasteiger partial charge in [0.25, 0.3) is 0 Å². The van der Waals surface area contributed by atoms with Crippen molar-refractivity contribution in [2.75, 3.05) is 18.5 Å². The molecule has 0 saturated carbocycles. The number of benzene rings is 1. The van der Waals surface area contributed by atoms with Gasteiger partial charge in [-0.15, -0.1) is 0 Å². The average molecular weight is 432 g/mol. The summed E-state index contributed by atoms with van der Waals surface area (Å²) in [6, 6.07) is 9.68. The van der Waals surface area contributed by atoms with Gasteiger partial charge >= 0.3 is 5.97 Å². The van der Waals surface area contributed by atoms with E-state index < -0.39 is 6.10 Å².